The van der Waals surface area contributed by atoms with Crippen molar-refractivity contribution in [2.24, 2.45) is 5.92 Å². The van der Waals surface area contributed by atoms with E-state index in [9.17, 15) is 14.4 Å². The standard InChI is InChI=1S/C16H14O5/c1-20-15-13(18)12(14(19)16(15)21-2)11(17)9-8-10-6-4-3-5-7-10/h3-9,12H,1-2H3. The van der Waals surface area contributed by atoms with Crippen LogP contribution in [0, 0.1) is 5.92 Å². The van der Waals surface area contributed by atoms with Gasteiger partial charge in [-0.3, -0.25) is 14.4 Å². The summed E-state index contributed by atoms with van der Waals surface area (Å²) in [5.74, 6) is -3.72. The van der Waals surface area contributed by atoms with Gasteiger partial charge in [0, 0.05) is 0 Å². The summed E-state index contributed by atoms with van der Waals surface area (Å²) in [4.78, 5) is 36.2. The van der Waals surface area contributed by atoms with Crippen LogP contribution in [0.2, 0.25) is 0 Å². The molecule has 0 atom stereocenters. The molecular formula is C16H14O5. The van der Waals surface area contributed by atoms with Gasteiger partial charge >= 0.3 is 0 Å². The molecule has 1 aromatic carbocycles. The number of carbonyl (C=O) groups is 3. The Morgan fingerprint density at radius 3 is 2.00 bits per heavy atom. The molecule has 0 aromatic heterocycles. The summed E-state index contributed by atoms with van der Waals surface area (Å²) in [6, 6.07) is 9.11. The third kappa shape index (κ3) is 2.76. The van der Waals surface area contributed by atoms with E-state index in [1.165, 1.54) is 20.3 Å². The largest absolute Gasteiger partial charge is 0.490 e. The lowest BCUT2D eigenvalue weighted by atomic mass is 9.98. The molecule has 108 valence electrons. The van der Waals surface area contributed by atoms with Gasteiger partial charge in [-0.05, 0) is 11.6 Å². The average Bonchev–Trinajstić information content (AvgIpc) is 2.75. The van der Waals surface area contributed by atoms with Crippen molar-refractivity contribution in [3.05, 3.63) is 53.5 Å². The molecule has 2 rings (SSSR count). The van der Waals surface area contributed by atoms with Crippen LogP contribution in [0.3, 0.4) is 0 Å². The zero-order valence-electron chi connectivity index (χ0n) is 11.7. The third-order valence-electron chi connectivity index (χ3n) is 3.11. The number of ketones is 3. The Morgan fingerprint density at radius 1 is 1.00 bits per heavy atom. The first kappa shape index (κ1) is 14.7. The molecule has 1 aliphatic carbocycles. The highest BCUT2D eigenvalue weighted by molar-refractivity contribution is 6.34. The van der Waals surface area contributed by atoms with E-state index in [4.69, 9.17) is 9.47 Å². The Kier molecular flexibility index (Phi) is 4.33. The van der Waals surface area contributed by atoms with E-state index >= 15 is 0 Å². The summed E-state index contributed by atoms with van der Waals surface area (Å²) in [5.41, 5.74) is 0.802. The van der Waals surface area contributed by atoms with E-state index in [-0.39, 0.29) is 11.5 Å². The lowest BCUT2D eigenvalue weighted by Gasteiger charge is -2.02. The van der Waals surface area contributed by atoms with Gasteiger partial charge in [-0.15, -0.1) is 0 Å². The van der Waals surface area contributed by atoms with Crippen LogP contribution in [0.4, 0.5) is 0 Å². The number of hydrogen-bond donors (Lipinski definition) is 0. The predicted molar refractivity (Wildman–Crippen MR) is 75.0 cm³/mol. The highest BCUT2D eigenvalue weighted by atomic mass is 16.5. The van der Waals surface area contributed by atoms with Gasteiger partial charge in [0.15, 0.2) is 11.7 Å². The van der Waals surface area contributed by atoms with Crippen molar-refractivity contribution >= 4 is 23.4 Å². The fourth-order valence-corrected chi connectivity index (χ4v) is 2.09. The molecule has 21 heavy (non-hydrogen) atoms. The molecule has 0 N–H and O–H groups in total. The highest BCUT2D eigenvalue weighted by Crippen LogP contribution is 2.27. The Morgan fingerprint density at radius 2 is 1.52 bits per heavy atom. The van der Waals surface area contributed by atoms with Crippen LogP contribution >= 0.6 is 0 Å². The molecule has 1 aromatic rings. The van der Waals surface area contributed by atoms with Gasteiger partial charge in [0.1, 0.15) is 0 Å². The lowest BCUT2D eigenvalue weighted by Crippen LogP contribution is -2.26. The topological polar surface area (TPSA) is 69.7 Å². The normalized spacial score (nSPS) is 15.9. The molecule has 0 saturated carbocycles. The number of carbonyl (C=O) groups excluding carboxylic acids is 3. The molecule has 0 radical (unpaired) electrons. The molecule has 0 saturated heterocycles. The molecule has 0 unspecified atom stereocenters. The van der Waals surface area contributed by atoms with E-state index in [0.29, 0.717) is 0 Å². The molecular weight excluding hydrogens is 272 g/mol. The summed E-state index contributed by atoms with van der Waals surface area (Å²) >= 11 is 0. The number of benzene rings is 1. The second-order valence-electron chi connectivity index (χ2n) is 4.37. The number of rotatable bonds is 5. The van der Waals surface area contributed by atoms with E-state index in [1.54, 1.807) is 6.08 Å². The zero-order chi connectivity index (χ0) is 15.4. The van der Waals surface area contributed by atoms with Crippen LogP contribution in [0.15, 0.2) is 47.9 Å². The highest BCUT2D eigenvalue weighted by Gasteiger charge is 2.46. The number of Topliss-reactive ketones (excluding diaryl/α,β-unsaturated/α-hetero) is 2. The monoisotopic (exact) mass is 286 g/mol. The minimum Gasteiger partial charge on any atom is -0.490 e. The number of hydrogen-bond acceptors (Lipinski definition) is 5. The van der Waals surface area contributed by atoms with Crippen LogP contribution in [-0.2, 0) is 23.9 Å². The second kappa shape index (κ2) is 6.17. The fourth-order valence-electron chi connectivity index (χ4n) is 2.09. The van der Waals surface area contributed by atoms with Gasteiger partial charge in [-0.25, -0.2) is 0 Å². The van der Waals surface area contributed by atoms with Crippen LogP contribution in [0.5, 0.6) is 0 Å². The minimum atomic E-state index is -1.41. The average molecular weight is 286 g/mol. The quantitative estimate of drug-likeness (QED) is 0.606. The predicted octanol–water partition coefficient (Wildman–Crippen LogP) is 1.54. The molecule has 1 aliphatic rings. The van der Waals surface area contributed by atoms with Crippen molar-refractivity contribution in [1.82, 2.24) is 0 Å². The van der Waals surface area contributed by atoms with Crippen LogP contribution in [-0.4, -0.2) is 31.6 Å². The van der Waals surface area contributed by atoms with Gasteiger partial charge in [-0.2, -0.15) is 0 Å². The Bertz CT molecular complexity index is 614. The molecule has 0 amide bonds. The molecule has 0 bridgehead atoms. The molecule has 0 spiro atoms. The molecule has 0 heterocycles. The smallest absolute Gasteiger partial charge is 0.220 e. The van der Waals surface area contributed by atoms with E-state index in [0.717, 1.165) is 5.56 Å². The lowest BCUT2D eigenvalue weighted by molar-refractivity contribution is -0.134. The summed E-state index contributed by atoms with van der Waals surface area (Å²) < 4.78 is 9.70. The van der Waals surface area contributed by atoms with Crippen molar-refractivity contribution in [3.8, 4) is 0 Å². The van der Waals surface area contributed by atoms with Gasteiger partial charge in [0.2, 0.25) is 23.1 Å². The maximum absolute atomic E-state index is 12.1. The van der Waals surface area contributed by atoms with Gasteiger partial charge in [0.25, 0.3) is 0 Å². The van der Waals surface area contributed by atoms with Crippen LogP contribution in [0.25, 0.3) is 6.08 Å². The number of ether oxygens (including phenoxy) is 2. The number of allylic oxidation sites excluding steroid dienone is 3. The van der Waals surface area contributed by atoms with Crippen molar-refractivity contribution < 1.29 is 23.9 Å². The van der Waals surface area contributed by atoms with Crippen molar-refractivity contribution in [3.63, 3.8) is 0 Å². The van der Waals surface area contributed by atoms with Crippen molar-refractivity contribution in [1.29, 1.82) is 0 Å². The summed E-state index contributed by atoms with van der Waals surface area (Å²) in [7, 11) is 2.51. The summed E-state index contributed by atoms with van der Waals surface area (Å²) in [6.45, 7) is 0. The van der Waals surface area contributed by atoms with E-state index < -0.39 is 23.3 Å². The minimum absolute atomic E-state index is 0.200. The van der Waals surface area contributed by atoms with Gasteiger partial charge in [0.05, 0.1) is 14.2 Å². The van der Waals surface area contributed by atoms with Crippen LogP contribution in [0.1, 0.15) is 5.56 Å². The van der Waals surface area contributed by atoms with Crippen molar-refractivity contribution in [2.75, 3.05) is 14.2 Å². The fraction of sp³-hybridized carbons (Fsp3) is 0.188. The maximum atomic E-state index is 12.1. The molecule has 5 nitrogen and oxygen atoms in total. The van der Waals surface area contributed by atoms with E-state index in [2.05, 4.69) is 0 Å². The van der Waals surface area contributed by atoms with E-state index in [1.807, 2.05) is 30.3 Å². The SMILES string of the molecule is COC1=C(OC)C(=O)C(C(=O)C=Cc2ccccc2)C1=O. The maximum Gasteiger partial charge on any atom is 0.220 e. The second-order valence-corrected chi connectivity index (χ2v) is 4.37. The summed E-state index contributed by atoms with van der Waals surface area (Å²) in [6.07, 6.45) is 2.78. The Hall–Kier alpha value is -2.69. The first-order valence-electron chi connectivity index (χ1n) is 6.27. The van der Waals surface area contributed by atoms with Gasteiger partial charge in [-0.1, -0.05) is 36.4 Å². The van der Waals surface area contributed by atoms with Crippen LogP contribution < -0.4 is 0 Å². The zero-order valence-corrected chi connectivity index (χ0v) is 11.7. The molecule has 0 aliphatic heterocycles. The van der Waals surface area contributed by atoms with Gasteiger partial charge < -0.3 is 9.47 Å². The first-order valence-corrected chi connectivity index (χ1v) is 6.27. The summed E-state index contributed by atoms with van der Waals surface area (Å²) in [5, 5.41) is 0. The Labute approximate surface area is 121 Å². The first-order chi connectivity index (χ1) is 10.1. The Balaban J connectivity index is 2.20. The number of methoxy groups -OCH3 is 2. The molecule has 0 fully saturated rings. The van der Waals surface area contributed by atoms with Crippen molar-refractivity contribution in [2.45, 2.75) is 0 Å². The molecule has 5 heteroatoms. The third-order valence-corrected chi connectivity index (χ3v) is 3.11.